The minimum absolute atomic E-state index is 0.0297. The fourth-order valence-electron chi connectivity index (χ4n) is 3.41. The number of allylic oxidation sites excluding steroid dienone is 1. The van der Waals surface area contributed by atoms with Gasteiger partial charge in [0.05, 0.1) is 23.7 Å². The van der Waals surface area contributed by atoms with Gasteiger partial charge in [0, 0.05) is 31.9 Å². The second-order valence-corrected chi connectivity index (χ2v) is 8.94. The molecule has 1 aromatic rings. The van der Waals surface area contributed by atoms with Crippen LogP contribution >= 0.6 is 0 Å². The van der Waals surface area contributed by atoms with Gasteiger partial charge in [0.15, 0.2) is 9.84 Å². The molecule has 0 aliphatic carbocycles. The van der Waals surface area contributed by atoms with Crippen molar-refractivity contribution in [2.24, 2.45) is 0 Å². The normalized spacial score (nSPS) is 25.4. The first-order valence-corrected chi connectivity index (χ1v) is 10.0. The zero-order valence-corrected chi connectivity index (χ0v) is 15.1. The molecular formula is C16H22N4O4S. The van der Waals surface area contributed by atoms with Crippen molar-refractivity contribution in [3.63, 3.8) is 0 Å². The van der Waals surface area contributed by atoms with Crippen molar-refractivity contribution in [2.75, 3.05) is 31.1 Å². The molecule has 0 saturated carbocycles. The van der Waals surface area contributed by atoms with Gasteiger partial charge in [-0.05, 0) is 13.8 Å². The van der Waals surface area contributed by atoms with Crippen molar-refractivity contribution in [3.8, 4) is 0 Å². The standard InChI is InChI=1S/C16H22N4O4S/c1-11(2)3-4-19-5-6-20(14-10-25(23,24)9-13(14)19)16(22)12-7-18-15(21)8-17-12/h3,7-8,13-14H,4-6,9-10H2,1-2H3,(H,18,21)/t13-,14+/m1/s1. The predicted octanol–water partition coefficient (Wildman–Crippen LogP) is -0.340. The highest BCUT2D eigenvalue weighted by Gasteiger charge is 2.48. The van der Waals surface area contributed by atoms with Gasteiger partial charge in [0.25, 0.3) is 11.5 Å². The zero-order valence-electron chi connectivity index (χ0n) is 14.3. The summed E-state index contributed by atoms with van der Waals surface area (Å²) in [5, 5.41) is 0. The molecule has 2 aliphatic rings. The van der Waals surface area contributed by atoms with Crippen LogP contribution in [-0.2, 0) is 9.84 Å². The average Bonchev–Trinajstić information content (AvgIpc) is 2.87. The number of carbonyl (C=O) groups is 1. The Bertz CT molecular complexity index is 837. The third kappa shape index (κ3) is 3.82. The highest BCUT2D eigenvalue weighted by molar-refractivity contribution is 7.91. The minimum atomic E-state index is -3.19. The molecule has 8 nitrogen and oxygen atoms in total. The first-order valence-electron chi connectivity index (χ1n) is 8.20. The number of nitrogens with zero attached hydrogens (tertiary/aromatic N) is 3. The molecule has 25 heavy (non-hydrogen) atoms. The van der Waals surface area contributed by atoms with Gasteiger partial charge in [-0.3, -0.25) is 14.5 Å². The van der Waals surface area contributed by atoms with Crippen molar-refractivity contribution in [2.45, 2.75) is 25.9 Å². The van der Waals surface area contributed by atoms with Gasteiger partial charge >= 0.3 is 0 Å². The maximum absolute atomic E-state index is 12.8. The largest absolute Gasteiger partial charge is 0.330 e. The van der Waals surface area contributed by atoms with Crippen molar-refractivity contribution in [3.05, 3.63) is 40.1 Å². The van der Waals surface area contributed by atoms with Gasteiger partial charge in [-0.25, -0.2) is 13.4 Å². The molecule has 2 atom stereocenters. The molecule has 0 unspecified atom stereocenters. The molecular weight excluding hydrogens is 344 g/mol. The first kappa shape index (κ1) is 17.8. The molecule has 0 bridgehead atoms. The van der Waals surface area contributed by atoms with Crippen molar-refractivity contribution in [1.29, 1.82) is 0 Å². The summed E-state index contributed by atoms with van der Waals surface area (Å²) in [6, 6.07) is -0.591. The van der Waals surface area contributed by atoms with Gasteiger partial charge in [0.2, 0.25) is 0 Å². The highest BCUT2D eigenvalue weighted by atomic mass is 32.2. The van der Waals surface area contributed by atoms with Gasteiger partial charge in [-0.2, -0.15) is 0 Å². The molecule has 3 heterocycles. The number of rotatable bonds is 3. The lowest BCUT2D eigenvalue weighted by Crippen LogP contribution is -2.60. The van der Waals surface area contributed by atoms with Crippen LogP contribution in [0.5, 0.6) is 0 Å². The third-order valence-corrected chi connectivity index (χ3v) is 6.38. The molecule has 9 heteroatoms. The Morgan fingerprint density at radius 1 is 1.32 bits per heavy atom. The summed E-state index contributed by atoms with van der Waals surface area (Å²) >= 11 is 0. The summed E-state index contributed by atoms with van der Waals surface area (Å²) in [6.07, 6.45) is 4.41. The maximum atomic E-state index is 12.8. The summed E-state index contributed by atoms with van der Waals surface area (Å²) in [7, 11) is -3.19. The van der Waals surface area contributed by atoms with Gasteiger partial charge in [-0.15, -0.1) is 0 Å². The second kappa shape index (κ2) is 6.72. The Morgan fingerprint density at radius 2 is 2.04 bits per heavy atom. The number of hydrogen-bond acceptors (Lipinski definition) is 6. The van der Waals surface area contributed by atoms with Gasteiger partial charge in [0.1, 0.15) is 5.69 Å². The molecule has 1 aromatic heterocycles. The van der Waals surface area contributed by atoms with E-state index >= 15 is 0 Å². The van der Waals surface area contributed by atoms with Crippen LogP contribution < -0.4 is 5.56 Å². The Balaban J connectivity index is 1.85. The van der Waals surface area contributed by atoms with Crippen LogP contribution in [0.15, 0.2) is 28.8 Å². The number of amides is 1. The Hall–Kier alpha value is -2.00. The van der Waals surface area contributed by atoms with Crippen LogP contribution in [0.3, 0.4) is 0 Å². The number of hydrogen-bond donors (Lipinski definition) is 1. The summed E-state index contributed by atoms with van der Waals surface area (Å²) in [6.45, 7) is 5.73. The predicted molar refractivity (Wildman–Crippen MR) is 93.1 cm³/mol. The monoisotopic (exact) mass is 366 g/mol. The van der Waals surface area contributed by atoms with E-state index in [-0.39, 0.29) is 40.7 Å². The number of aromatic amines is 1. The zero-order chi connectivity index (χ0) is 18.2. The van der Waals surface area contributed by atoms with E-state index in [2.05, 4.69) is 20.9 Å². The van der Waals surface area contributed by atoms with Gasteiger partial charge < -0.3 is 9.88 Å². The van der Waals surface area contributed by atoms with Gasteiger partial charge in [-0.1, -0.05) is 11.6 Å². The molecule has 0 radical (unpaired) electrons. The van der Waals surface area contributed by atoms with E-state index in [1.54, 1.807) is 4.90 Å². The maximum Gasteiger partial charge on any atom is 0.274 e. The highest BCUT2D eigenvalue weighted by Crippen LogP contribution is 2.27. The lowest BCUT2D eigenvalue weighted by atomic mass is 10.0. The smallest absolute Gasteiger partial charge is 0.274 e. The van der Waals surface area contributed by atoms with Crippen molar-refractivity contribution >= 4 is 15.7 Å². The van der Waals surface area contributed by atoms with E-state index in [9.17, 15) is 18.0 Å². The molecule has 136 valence electrons. The molecule has 2 aliphatic heterocycles. The Labute approximate surface area is 146 Å². The van der Waals surface area contributed by atoms with Crippen LogP contribution in [-0.4, -0.2) is 77.3 Å². The third-order valence-electron chi connectivity index (χ3n) is 4.68. The number of aromatic nitrogens is 2. The van der Waals surface area contributed by atoms with E-state index in [0.29, 0.717) is 19.6 Å². The minimum Gasteiger partial charge on any atom is -0.330 e. The molecule has 1 amide bonds. The second-order valence-electron chi connectivity index (χ2n) is 6.78. The lowest BCUT2D eigenvalue weighted by molar-refractivity contribution is 0.0362. The molecule has 1 N–H and O–H groups in total. The number of nitrogens with one attached hydrogen (secondary N) is 1. The van der Waals surface area contributed by atoms with E-state index in [0.717, 1.165) is 6.20 Å². The van der Waals surface area contributed by atoms with Crippen LogP contribution in [0.4, 0.5) is 0 Å². The van der Waals surface area contributed by atoms with E-state index < -0.39 is 9.84 Å². The summed E-state index contributed by atoms with van der Waals surface area (Å²) in [5.41, 5.74) is 0.915. The molecule has 3 rings (SSSR count). The number of sulfone groups is 1. The number of carbonyl (C=O) groups excluding carboxylic acids is 1. The summed E-state index contributed by atoms with van der Waals surface area (Å²) in [4.78, 5) is 33.9. The topological polar surface area (TPSA) is 103 Å². The molecule has 2 fully saturated rings. The van der Waals surface area contributed by atoms with Crippen LogP contribution in [0.25, 0.3) is 0 Å². The fourth-order valence-corrected chi connectivity index (χ4v) is 5.42. The number of fused-ring (bicyclic) bond motifs is 1. The quantitative estimate of drug-likeness (QED) is 0.734. The number of H-pyrrole nitrogens is 1. The van der Waals surface area contributed by atoms with E-state index in [1.807, 2.05) is 13.8 Å². The molecule has 2 saturated heterocycles. The van der Waals surface area contributed by atoms with Crippen LogP contribution in [0.1, 0.15) is 24.3 Å². The summed E-state index contributed by atoms with van der Waals surface area (Å²) < 4.78 is 24.4. The lowest BCUT2D eigenvalue weighted by Gasteiger charge is -2.43. The molecule has 0 spiro atoms. The fraction of sp³-hybridized carbons (Fsp3) is 0.562. The van der Waals surface area contributed by atoms with Crippen molar-refractivity contribution in [1.82, 2.24) is 19.8 Å². The Morgan fingerprint density at radius 3 is 2.68 bits per heavy atom. The van der Waals surface area contributed by atoms with E-state index in [1.165, 1.54) is 11.8 Å². The Kier molecular flexibility index (Phi) is 4.79. The van der Waals surface area contributed by atoms with Crippen molar-refractivity contribution < 1.29 is 13.2 Å². The van der Waals surface area contributed by atoms with Crippen LogP contribution in [0, 0.1) is 0 Å². The average molecular weight is 366 g/mol. The van der Waals surface area contributed by atoms with Crippen LogP contribution in [0.2, 0.25) is 0 Å². The summed E-state index contributed by atoms with van der Waals surface area (Å²) in [5.74, 6) is -0.306. The molecule has 0 aromatic carbocycles. The first-order chi connectivity index (χ1) is 11.8. The van der Waals surface area contributed by atoms with E-state index in [4.69, 9.17) is 0 Å². The number of piperazine rings is 1. The SMILES string of the molecule is CC(C)=CCN1CCN(C(=O)c2c[nH]c(=O)cn2)[C@H]2CS(=O)(=O)C[C@H]21.